The molecule has 0 aliphatic carbocycles. The molecular formula is C17H17NO. The van der Waals surface area contributed by atoms with Crippen LogP contribution in [0.4, 0.5) is 5.69 Å². The van der Waals surface area contributed by atoms with Crippen molar-refractivity contribution in [1.29, 1.82) is 0 Å². The van der Waals surface area contributed by atoms with Gasteiger partial charge in [-0.1, -0.05) is 55.1 Å². The SMILES string of the molecule is C=Cc1ccccc1/C(=C\C)Nc1ccccc1O. The molecule has 0 bridgehead atoms. The summed E-state index contributed by atoms with van der Waals surface area (Å²) in [6, 6.07) is 15.2. The molecule has 0 fully saturated rings. The van der Waals surface area contributed by atoms with Crippen molar-refractivity contribution >= 4 is 17.5 Å². The van der Waals surface area contributed by atoms with Gasteiger partial charge in [-0.3, -0.25) is 0 Å². The van der Waals surface area contributed by atoms with Gasteiger partial charge in [0.1, 0.15) is 5.75 Å². The number of hydrogen-bond acceptors (Lipinski definition) is 2. The topological polar surface area (TPSA) is 32.3 Å². The van der Waals surface area contributed by atoms with E-state index in [-0.39, 0.29) is 5.75 Å². The molecule has 0 amide bonds. The maximum atomic E-state index is 9.82. The summed E-state index contributed by atoms with van der Waals surface area (Å²) < 4.78 is 0. The maximum Gasteiger partial charge on any atom is 0.139 e. The number of hydrogen-bond donors (Lipinski definition) is 2. The van der Waals surface area contributed by atoms with E-state index in [4.69, 9.17) is 0 Å². The van der Waals surface area contributed by atoms with E-state index in [1.807, 2.05) is 55.5 Å². The summed E-state index contributed by atoms with van der Waals surface area (Å²) in [6.45, 7) is 5.79. The van der Waals surface area contributed by atoms with Gasteiger partial charge in [-0.05, 0) is 24.6 Å². The van der Waals surface area contributed by atoms with Gasteiger partial charge in [-0.15, -0.1) is 0 Å². The van der Waals surface area contributed by atoms with Crippen molar-refractivity contribution in [1.82, 2.24) is 0 Å². The van der Waals surface area contributed by atoms with E-state index >= 15 is 0 Å². The van der Waals surface area contributed by atoms with Crippen LogP contribution in [-0.4, -0.2) is 5.11 Å². The van der Waals surface area contributed by atoms with Gasteiger partial charge in [0.15, 0.2) is 0 Å². The average Bonchev–Trinajstić information content (AvgIpc) is 2.46. The summed E-state index contributed by atoms with van der Waals surface area (Å²) in [4.78, 5) is 0. The number of phenols is 1. The Morgan fingerprint density at radius 3 is 2.47 bits per heavy atom. The van der Waals surface area contributed by atoms with E-state index < -0.39 is 0 Å². The second kappa shape index (κ2) is 5.91. The van der Waals surface area contributed by atoms with Gasteiger partial charge in [0, 0.05) is 11.3 Å². The first-order chi connectivity index (χ1) is 9.26. The molecule has 0 heterocycles. The number of allylic oxidation sites excluding steroid dienone is 1. The lowest BCUT2D eigenvalue weighted by Gasteiger charge is -2.14. The molecule has 2 aromatic carbocycles. The molecule has 0 aromatic heterocycles. The number of phenolic OH excluding ortho intramolecular Hbond substituents is 1. The van der Waals surface area contributed by atoms with Gasteiger partial charge in [0.05, 0.1) is 5.69 Å². The van der Waals surface area contributed by atoms with Crippen LogP contribution >= 0.6 is 0 Å². The summed E-state index contributed by atoms with van der Waals surface area (Å²) in [5.41, 5.74) is 3.74. The third kappa shape index (κ3) is 2.86. The standard InChI is InChI=1S/C17H17NO/c1-3-13-9-5-6-10-14(13)15(4-2)18-16-11-7-8-12-17(16)19/h3-12,18-19H,1H2,2H3/b15-4+. The molecule has 0 aliphatic rings. The van der Waals surface area contributed by atoms with E-state index in [2.05, 4.69) is 11.9 Å². The Kier molecular flexibility index (Phi) is 4.04. The first kappa shape index (κ1) is 13.0. The van der Waals surface area contributed by atoms with E-state index in [1.165, 1.54) is 0 Å². The van der Waals surface area contributed by atoms with Crippen LogP contribution in [0.3, 0.4) is 0 Å². The molecule has 0 atom stereocenters. The molecule has 96 valence electrons. The Labute approximate surface area is 113 Å². The van der Waals surface area contributed by atoms with Gasteiger partial charge in [-0.2, -0.15) is 0 Å². The van der Waals surface area contributed by atoms with Crippen molar-refractivity contribution < 1.29 is 5.11 Å². The summed E-state index contributed by atoms with van der Waals surface area (Å²) in [7, 11) is 0. The minimum absolute atomic E-state index is 0.234. The van der Waals surface area contributed by atoms with Crippen LogP contribution in [0.25, 0.3) is 11.8 Å². The van der Waals surface area contributed by atoms with E-state index in [0.29, 0.717) is 5.69 Å². The van der Waals surface area contributed by atoms with E-state index in [1.54, 1.807) is 12.1 Å². The Morgan fingerprint density at radius 2 is 1.79 bits per heavy atom. The Morgan fingerprint density at radius 1 is 1.11 bits per heavy atom. The predicted molar refractivity (Wildman–Crippen MR) is 81.9 cm³/mol. The molecule has 2 rings (SSSR count). The zero-order chi connectivity index (χ0) is 13.7. The van der Waals surface area contributed by atoms with E-state index in [0.717, 1.165) is 16.8 Å². The number of nitrogens with one attached hydrogen (secondary N) is 1. The molecule has 0 saturated heterocycles. The second-order valence-electron chi connectivity index (χ2n) is 4.14. The fourth-order valence-corrected chi connectivity index (χ4v) is 1.94. The Bertz CT molecular complexity index is 614. The minimum atomic E-state index is 0.234. The van der Waals surface area contributed by atoms with Crippen LogP contribution in [0.5, 0.6) is 5.75 Å². The number of benzene rings is 2. The molecule has 0 unspecified atom stereocenters. The monoisotopic (exact) mass is 251 g/mol. The highest BCUT2D eigenvalue weighted by atomic mass is 16.3. The first-order valence-corrected chi connectivity index (χ1v) is 6.19. The van der Waals surface area contributed by atoms with Crippen LogP contribution in [0.1, 0.15) is 18.1 Å². The van der Waals surface area contributed by atoms with E-state index in [9.17, 15) is 5.11 Å². The normalized spacial score (nSPS) is 11.1. The third-order valence-corrected chi connectivity index (χ3v) is 2.93. The Hall–Kier alpha value is -2.48. The molecule has 2 aromatic rings. The zero-order valence-corrected chi connectivity index (χ0v) is 10.9. The highest BCUT2D eigenvalue weighted by Crippen LogP contribution is 2.27. The molecule has 0 spiro atoms. The predicted octanol–water partition coefficient (Wildman–Crippen LogP) is 4.51. The summed E-state index contributed by atoms with van der Waals surface area (Å²) >= 11 is 0. The van der Waals surface area contributed by atoms with Gasteiger partial charge in [0.2, 0.25) is 0 Å². The lowest BCUT2D eigenvalue weighted by molar-refractivity contribution is 0.478. The molecule has 0 saturated carbocycles. The number of para-hydroxylation sites is 2. The van der Waals surface area contributed by atoms with Crippen molar-refractivity contribution in [2.75, 3.05) is 5.32 Å². The third-order valence-electron chi connectivity index (χ3n) is 2.93. The minimum Gasteiger partial charge on any atom is -0.506 e. The van der Waals surface area contributed by atoms with Crippen LogP contribution in [-0.2, 0) is 0 Å². The summed E-state index contributed by atoms with van der Waals surface area (Å²) in [6.07, 6.45) is 3.81. The molecule has 19 heavy (non-hydrogen) atoms. The van der Waals surface area contributed by atoms with Crippen molar-refractivity contribution in [2.45, 2.75) is 6.92 Å². The molecular weight excluding hydrogens is 234 g/mol. The quantitative estimate of drug-likeness (QED) is 0.784. The molecule has 2 nitrogen and oxygen atoms in total. The average molecular weight is 251 g/mol. The first-order valence-electron chi connectivity index (χ1n) is 6.19. The highest BCUT2D eigenvalue weighted by Gasteiger charge is 2.06. The van der Waals surface area contributed by atoms with Gasteiger partial charge >= 0.3 is 0 Å². The lowest BCUT2D eigenvalue weighted by Crippen LogP contribution is -2.00. The van der Waals surface area contributed by atoms with Crippen LogP contribution in [0.15, 0.2) is 61.2 Å². The lowest BCUT2D eigenvalue weighted by atomic mass is 10.0. The number of rotatable bonds is 4. The van der Waals surface area contributed by atoms with Crippen LogP contribution in [0, 0.1) is 0 Å². The smallest absolute Gasteiger partial charge is 0.139 e. The zero-order valence-electron chi connectivity index (χ0n) is 10.9. The van der Waals surface area contributed by atoms with Crippen LogP contribution < -0.4 is 5.32 Å². The van der Waals surface area contributed by atoms with Gasteiger partial charge in [-0.25, -0.2) is 0 Å². The van der Waals surface area contributed by atoms with Gasteiger partial charge < -0.3 is 10.4 Å². The number of aromatic hydroxyl groups is 1. The number of anilines is 1. The van der Waals surface area contributed by atoms with Crippen molar-refractivity contribution in [3.8, 4) is 5.75 Å². The van der Waals surface area contributed by atoms with Crippen molar-refractivity contribution in [3.05, 3.63) is 72.3 Å². The molecule has 2 heteroatoms. The fraction of sp³-hybridized carbons (Fsp3) is 0.0588. The summed E-state index contributed by atoms with van der Waals surface area (Å²) in [5, 5.41) is 13.1. The summed E-state index contributed by atoms with van der Waals surface area (Å²) in [5.74, 6) is 0.234. The molecule has 2 N–H and O–H groups in total. The van der Waals surface area contributed by atoms with Crippen LogP contribution in [0.2, 0.25) is 0 Å². The second-order valence-corrected chi connectivity index (χ2v) is 4.14. The molecule has 0 radical (unpaired) electrons. The van der Waals surface area contributed by atoms with Gasteiger partial charge in [0.25, 0.3) is 0 Å². The van der Waals surface area contributed by atoms with Crippen molar-refractivity contribution in [3.63, 3.8) is 0 Å². The fourth-order valence-electron chi connectivity index (χ4n) is 1.94. The van der Waals surface area contributed by atoms with Crippen molar-refractivity contribution in [2.24, 2.45) is 0 Å². The maximum absolute atomic E-state index is 9.82. The Balaban J connectivity index is 2.37. The highest BCUT2D eigenvalue weighted by molar-refractivity contribution is 5.82. The molecule has 0 aliphatic heterocycles. The largest absolute Gasteiger partial charge is 0.506 e.